The fourth-order valence-electron chi connectivity index (χ4n) is 2.25. The summed E-state index contributed by atoms with van der Waals surface area (Å²) < 4.78 is 0. The van der Waals surface area contributed by atoms with E-state index < -0.39 is 0 Å². The molecule has 0 aliphatic heterocycles. The van der Waals surface area contributed by atoms with Gasteiger partial charge in [-0.25, -0.2) is 0 Å². The van der Waals surface area contributed by atoms with Crippen molar-refractivity contribution < 1.29 is 4.79 Å². The molecule has 1 amide bonds. The fourth-order valence-corrected chi connectivity index (χ4v) is 2.25. The third-order valence-corrected chi connectivity index (χ3v) is 3.97. The highest BCUT2D eigenvalue weighted by Gasteiger charge is 2.36. The van der Waals surface area contributed by atoms with Gasteiger partial charge >= 0.3 is 0 Å². The molecular formula is C13H25NO. The summed E-state index contributed by atoms with van der Waals surface area (Å²) in [4.78, 5) is 13.7. The number of amides is 1. The molecule has 0 aromatic carbocycles. The third kappa shape index (κ3) is 2.96. The van der Waals surface area contributed by atoms with Gasteiger partial charge in [0.2, 0.25) is 5.91 Å². The van der Waals surface area contributed by atoms with Crippen molar-refractivity contribution in [3.05, 3.63) is 0 Å². The van der Waals surface area contributed by atoms with Crippen molar-refractivity contribution in [1.82, 2.24) is 4.90 Å². The van der Waals surface area contributed by atoms with Crippen LogP contribution >= 0.6 is 0 Å². The second-order valence-electron chi connectivity index (χ2n) is 5.80. The first-order chi connectivity index (χ1) is 6.86. The average molecular weight is 211 g/mol. The monoisotopic (exact) mass is 211 g/mol. The second-order valence-corrected chi connectivity index (χ2v) is 5.80. The lowest BCUT2D eigenvalue weighted by Gasteiger charge is -2.44. The largest absolute Gasteiger partial charge is 0.339 e. The van der Waals surface area contributed by atoms with Crippen molar-refractivity contribution in [2.24, 2.45) is 11.3 Å². The van der Waals surface area contributed by atoms with Gasteiger partial charge in [-0.15, -0.1) is 0 Å². The van der Waals surface area contributed by atoms with Crippen LogP contribution in [0.4, 0.5) is 0 Å². The van der Waals surface area contributed by atoms with Crippen LogP contribution in [0.25, 0.3) is 0 Å². The van der Waals surface area contributed by atoms with E-state index in [-0.39, 0.29) is 5.91 Å². The van der Waals surface area contributed by atoms with Gasteiger partial charge in [0.25, 0.3) is 0 Å². The van der Waals surface area contributed by atoms with E-state index in [1.54, 1.807) is 6.92 Å². The van der Waals surface area contributed by atoms with Gasteiger partial charge < -0.3 is 4.90 Å². The molecule has 0 N–H and O–H groups in total. The van der Waals surface area contributed by atoms with Crippen LogP contribution in [-0.4, -0.2) is 23.4 Å². The zero-order valence-corrected chi connectivity index (χ0v) is 10.8. The van der Waals surface area contributed by atoms with Crippen LogP contribution in [0.15, 0.2) is 0 Å². The minimum atomic E-state index is 0.226. The smallest absolute Gasteiger partial charge is 0.219 e. The molecule has 88 valence electrons. The Bertz CT molecular complexity index is 231. The Kier molecular flexibility index (Phi) is 3.80. The van der Waals surface area contributed by atoms with Crippen molar-refractivity contribution in [3.8, 4) is 0 Å². The SMILES string of the molecule is CC(=O)N(CC1(C)CCC1)C(C)C(C)C. The Hall–Kier alpha value is -0.530. The van der Waals surface area contributed by atoms with E-state index in [0.717, 1.165) is 6.54 Å². The average Bonchev–Trinajstić information content (AvgIpc) is 2.09. The molecule has 2 heteroatoms. The summed E-state index contributed by atoms with van der Waals surface area (Å²) in [5, 5.41) is 0. The zero-order valence-electron chi connectivity index (χ0n) is 10.8. The van der Waals surface area contributed by atoms with Crippen molar-refractivity contribution in [1.29, 1.82) is 0 Å². The lowest BCUT2D eigenvalue weighted by molar-refractivity contribution is -0.134. The van der Waals surface area contributed by atoms with Crippen LogP contribution in [0.2, 0.25) is 0 Å². The number of nitrogens with zero attached hydrogens (tertiary/aromatic N) is 1. The highest BCUT2D eigenvalue weighted by Crippen LogP contribution is 2.41. The molecule has 2 nitrogen and oxygen atoms in total. The topological polar surface area (TPSA) is 20.3 Å². The number of hydrogen-bond acceptors (Lipinski definition) is 1. The van der Waals surface area contributed by atoms with Crippen molar-refractivity contribution >= 4 is 5.91 Å². The Labute approximate surface area is 94.0 Å². The molecule has 0 saturated heterocycles. The number of hydrogen-bond donors (Lipinski definition) is 0. The zero-order chi connectivity index (χ0) is 11.6. The molecule has 0 radical (unpaired) electrons. The van der Waals surface area contributed by atoms with Crippen LogP contribution in [-0.2, 0) is 4.79 Å². The molecule has 15 heavy (non-hydrogen) atoms. The van der Waals surface area contributed by atoms with Crippen LogP contribution in [0, 0.1) is 11.3 Å². The highest BCUT2D eigenvalue weighted by molar-refractivity contribution is 5.73. The molecule has 0 aromatic rings. The second kappa shape index (κ2) is 4.54. The molecule has 0 bridgehead atoms. The van der Waals surface area contributed by atoms with Crippen molar-refractivity contribution in [2.45, 2.75) is 59.9 Å². The van der Waals surface area contributed by atoms with Crippen molar-refractivity contribution in [3.63, 3.8) is 0 Å². The fraction of sp³-hybridized carbons (Fsp3) is 0.923. The van der Waals surface area contributed by atoms with E-state index in [0.29, 0.717) is 17.4 Å². The molecule has 0 spiro atoms. The molecule has 1 atom stereocenters. The molecule has 0 heterocycles. The first-order valence-corrected chi connectivity index (χ1v) is 6.13. The summed E-state index contributed by atoms with van der Waals surface area (Å²) in [5.74, 6) is 0.766. The summed E-state index contributed by atoms with van der Waals surface area (Å²) in [6.45, 7) is 11.5. The predicted octanol–water partition coefficient (Wildman–Crippen LogP) is 3.07. The van der Waals surface area contributed by atoms with Crippen LogP contribution < -0.4 is 0 Å². The minimum absolute atomic E-state index is 0.226. The molecule has 1 rings (SSSR count). The van der Waals surface area contributed by atoms with Gasteiger partial charge in [0.1, 0.15) is 0 Å². The summed E-state index contributed by atoms with van der Waals surface area (Å²) in [5.41, 5.74) is 0.398. The van der Waals surface area contributed by atoms with E-state index in [1.807, 2.05) is 0 Å². The molecular weight excluding hydrogens is 186 g/mol. The Morgan fingerprint density at radius 1 is 1.33 bits per heavy atom. The molecule has 1 aliphatic carbocycles. The Balaban J connectivity index is 2.62. The minimum Gasteiger partial charge on any atom is -0.339 e. The summed E-state index contributed by atoms with van der Waals surface area (Å²) in [6.07, 6.45) is 3.89. The Morgan fingerprint density at radius 2 is 1.87 bits per heavy atom. The maximum absolute atomic E-state index is 11.6. The number of carbonyl (C=O) groups excluding carboxylic acids is 1. The summed E-state index contributed by atoms with van der Waals surface area (Å²) >= 11 is 0. The molecule has 1 aliphatic rings. The molecule has 0 aromatic heterocycles. The molecule has 1 saturated carbocycles. The highest BCUT2D eigenvalue weighted by atomic mass is 16.2. The quantitative estimate of drug-likeness (QED) is 0.700. The van der Waals surface area contributed by atoms with Crippen LogP contribution in [0.3, 0.4) is 0 Å². The van der Waals surface area contributed by atoms with Gasteiger partial charge in [0.15, 0.2) is 0 Å². The lowest BCUT2D eigenvalue weighted by atomic mass is 9.70. The first kappa shape index (κ1) is 12.5. The van der Waals surface area contributed by atoms with Crippen LogP contribution in [0.5, 0.6) is 0 Å². The maximum atomic E-state index is 11.6. The standard InChI is InChI=1S/C13H25NO/c1-10(2)11(3)14(12(4)15)9-13(5)7-6-8-13/h10-11H,6-9H2,1-5H3. The third-order valence-electron chi connectivity index (χ3n) is 3.97. The predicted molar refractivity (Wildman–Crippen MR) is 63.6 cm³/mol. The van der Waals surface area contributed by atoms with E-state index in [2.05, 4.69) is 32.6 Å². The van der Waals surface area contributed by atoms with Gasteiger partial charge in [-0.1, -0.05) is 27.2 Å². The lowest BCUT2D eigenvalue weighted by Crippen LogP contribution is -2.48. The Morgan fingerprint density at radius 3 is 2.13 bits per heavy atom. The van der Waals surface area contributed by atoms with Crippen LogP contribution in [0.1, 0.15) is 53.9 Å². The normalized spacial score (nSPS) is 20.9. The van der Waals surface area contributed by atoms with Gasteiger partial charge in [-0.3, -0.25) is 4.79 Å². The summed E-state index contributed by atoms with van der Waals surface area (Å²) in [6, 6.07) is 0.361. The maximum Gasteiger partial charge on any atom is 0.219 e. The van der Waals surface area contributed by atoms with E-state index in [1.165, 1.54) is 19.3 Å². The molecule has 1 unspecified atom stereocenters. The molecule has 1 fully saturated rings. The number of carbonyl (C=O) groups is 1. The van der Waals surface area contributed by atoms with Gasteiger partial charge in [0.05, 0.1) is 0 Å². The van der Waals surface area contributed by atoms with Crippen molar-refractivity contribution in [2.75, 3.05) is 6.54 Å². The van der Waals surface area contributed by atoms with E-state index in [4.69, 9.17) is 0 Å². The first-order valence-electron chi connectivity index (χ1n) is 6.13. The van der Waals surface area contributed by atoms with Gasteiger partial charge in [-0.05, 0) is 31.1 Å². The van der Waals surface area contributed by atoms with E-state index >= 15 is 0 Å². The van der Waals surface area contributed by atoms with E-state index in [9.17, 15) is 4.79 Å². The van der Waals surface area contributed by atoms with Gasteiger partial charge in [-0.2, -0.15) is 0 Å². The van der Waals surface area contributed by atoms with Gasteiger partial charge in [0, 0.05) is 19.5 Å². The number of rotatable bonds is 4. The summed E-state index contributed by atoms with van der Waals surface area (Å²) in [7, 11) is 0.